The first kappa shape index (κ1) is 22.6. The van der Waals surface area contributed by atoms with Gasteiger partial charge in [0.15, 0.2) is 10.9 Å². The van der Waals surface area contributed by atoms with Crippen LogP contribution in [-0.2, 0) is 11.3 Å². The highest BCUT2D eigenvalue weighted by Crippen LogP contribution is 2.27. The van der Waals surface area contributed by atoms with E-state index in [0.29, 0.717) is 41.7 Å². The average molecular weight is 449 g/mol. The summed E-state index contributed by atoms with van der Waals surface area (Å²) in [5.41, 5.74) is 2.45. The van der Waals surface area contributed by atoms with Crippen LogP contribution < -0.4 is 4.74 Å². The van der Waals surface area contributed by atoms with Gasteiger partial charge in [-0.25, -0.2) is 4.98 Å². The van der Waals surface area contributed by atoms with Crippen LogP contribution in [0.25, 0.3) is 11.0 Å². The van der Waals surface area contributed by atoms with Gasteiger partial charge in [-0.15, -0.1) is 0 Å². The van der Waals surface area contributed by atoms with Crippen LogP contribution in [0.3, 0.4) is 0 Å². The van der Waals surface area contributed by atoms with Crippen molar-refractivity contribution in [3.8, 4) is 5.75 Å². The fraction of sp³-hybridized carbons (Fsp3) is 0.364. The topological polar surface area (TPSA) is 73.6 Å². The summed E-state index contributed by atoms with van der Waals surface area (Å²) in [4.78, 5) is 16.3. The first-order chi connectivity index (χ1) is 14.5. The smallest absolute Gasteiger partial charge is 0.169 e. The maximum atomic E-state index is 11.7. The fourth-order valence-corrected chi connectivity index (χ4v) is 4.05. The summed E-state index contributed by atoms with van der Waals surface area (Å²) in [6.45, 7) is 3.20. The van der Waals surface area contributed by atoms with Crippen molar-refractivity contribution in [2.45, 2.75) is 31.1 Å². The molecule has 0 aliphatic rings. The second-order valence-electron chi connectivity index (χ2n) is 6.75. The number of aliphatic hydroxyl groups is 1. The van der Waals surface area contributed by atoms with E-state index in [0.717, 1.165) is 16.2 Å². The largest absolute Gasteiger partial charge is 0.491 e. The number of imidazole rings is 1. The zero-order chi connectivity index (χ0) is 21.5. The van der Waals surface area contributed by atoms with Crippen molar-refractivity contribution in [3.63, 3.8) is 0 Å². The average Bonchev–Trinajstić information content (AvgIpc) is 3.10. The van der Waals surface area contributed by atoms with Gasteiger partial charge >= 0.3 is 0 Å². The number of thioether (sulfide) groups is 1. The Balaban J connectivity index is 1.59. The summed E-state index contributed by atoms with van der Waals surface area (Å²) in [6, 6.07) is 12.6. The van der Waals surface area contributed by atoms with Gasteiger partial charge in [-0.2, -0.15) is 0 Å². The maximum Gasteiger partial charge on any atom is 0.169 e. The minimum atomic E-state index is -0.675. The van der Waals surface area contributed by atoms with E-state index in [1.54, 1.807) is 31.4 Å². The van der Waals surface area contributed by atoms with Crippen molar-refractivity contribution in [2.24, 2.45) is 0 Å². The highest BCUT2D eigenvalue weighted by molar-refractivity contribution is 7.99. The minimum Gasteiger partial charge on any atom is -0.491 e. The molecule has 0 aliphatic carbocycles. The molecule has 1 N–H and O–H groups in total. The molecule has 8 heteroatoms. The summed E-state index contributed by atoms with van der Waals surface area (Å²) in [5.74, 6) is 1.14. The molecule has 0 saturated carbocycles. The van der Waals surface area contributed by atoms with Gasteiger partial charge < -0.3 is 19.1 Å². The van der Waals surface area contributed by atoms with Crippen LogP contribution in [0.4, 0.5) is 0 Å². The van der Waals surface area contributed by atoms with Gasteiger partial charge in [0.05, 0.1) is 23.7 Å². The number of benzene rings is 2. The van der Waals surface area contributed by atoms with Crippen molar-refractivity contribution in [1.29, 1.82) is 0 Å². The quantitative estimate of drug-likeness (QED) is 0.345. The van der Waals surface area contributed by atoms with E-state index >= 15 is 0 Å². The molecular weight excluding hydrogens is 424 g/mol. The number of hydrogen-bond donors (Lipinski definition) is 1. The SMILES string of the molecule is CCC(=O)c1ccc(OCC(O)CSc2nc3cc(Cl)ccc3n2CCOC)cc1. The van der Waals surface area contributed by atoms with E-state index in [1.165, 1.54) is 11.8 Å². The molecule has 0 aliphatic heterocycles. The van der Waals surface area contributed by atoms with E-state index in [4.69, 9.17) is 21.1 Å². The predicted molar refractivity (Wildman–Crippen MR) is 120 cm³/mol. The van der Waals surface area contributed by atoms with Crippen molar-refractivity contribution in [1.82, 2.24) is 9.55 Å². The van der Waals surface area contributed by atoms with Crippen molar-refractivity contribution >= 4 is 40.2 Å². The molecule has 1 unspecified atom stereocenters. The summed E-state index contributed by atoms with van der Waals surface area (Å²) in [7, 11) is 1.66. The predicted octanol–water partition coefficient (Wildman–Crippen LogP) is 4.46. The first-order valence-corrected chi connectivity index (χ1v) is 11.1. The molecule has 2 aromatic carbocycles. The molecule has 3 aromatic rings. The molecule has 1 atom stereocenters. The monoisotopic (exact) mass is 448 g/mol. The number of carbonyl (C=O) groups excluding carboxylic acids is 1. The lowest BCUT2D eigenvalue weighted by Crippen LogP contribution is -2.20. The number of ether oxygens (including phenoxy) is 2. The first-order valence-electron chi connectivity index (χ1n) is 9.73. The van der Waals surface area contributed by atoms with Crippen LogP contribution >= 0.6 is 23.4 Å². The maximum absolute atomic E-state index is 11.7. The number of Topliss-reactive ketones (excluding diaryl/α,β-unsaturated/α-hetero) is 1. The third-order valence-corrected chi connectivity index (χ3v) is 5.90. The van der Waals surface area contributed by atoms with E-state index in [2.05, 4.69) is 9.55 Å². The summed E-state index contributed by atoms with van der Waals surface area (Å²) in [6.07, 6.45) is -0.205. The standard InChI is InChI=1S/C22H25ClN2O4S/c1-3-21(27)15-4-7-18(8-5-15)29-13-17(26)14-30-22-24-19-12-16(23)6-9-20(19)25(22)10-11-28-2/h4-9,12,17,26H,3,10-11,13-14H2,1-2H3. The Morgan fingerprint density at radius 2 is 2.03 bits per heavy atom. The molecule has 0 saturated heterocycles. The van der Waals surface area contributed by atoms with Crippen molar-refractivity contribution in [2.75, 3.05) is 26.1 Å². The highest BCUT2D eigenvalue weighted by Gasteiger charge is 2.14. The molecule has 3 rings (SSSR count). The van der Waals surface area contributed by atoms with E-state index in [-0.39, 0.29) is 12.4 Å². The van der Waals surface area contributed by atoms with E-state index in [9.17, 15) is 9.90 Å². The second-order valence-corrected chi connectivity index (χ2v) is 8.17. The van der Waals surface area contributed by atoms with Gasteiger partial charge in [0, 0.05) is 36.4 Å². The van der Waals surface area contributed by atoms with Crippen LogP contribution in [0.5, 0.6) is 5.75 Å². The molecule has 0 radical (unpaired) electrons. The fourth-order valence-electron chi connectivity index (χ4n) is 2.94. The summed E-state index contributed by atoms with van der Waals surface area (Å²) in [5, 5.41) is 11.8. The summed E-state index contributed by atoms with van der Waals surface area (Å²) >= 11 is 7.55. The number of ketones is 1. The van der Waals surface area contributed by atoms with Gasteiger partial charge in [-0.05, 0) is 42.5 Å². The zero-order valence-electron chi connectivity index (χ0n) is 17.0. The Bertz CT molecular complexity index is 991. The Morgan fingerprint density at radius 3 is 2.73 bits per heavy atom. The molecule has 30 heavy (non-hydrogen) atoms. The molecule has 1 aromatic heterocycles. The zero-order valence-corrected chi connectivity index (χ0v) is 18.6. The number of carbonyl (C=O) groups is 1. The third kappa shape index (κ3) is 5.76. The van der Waals surface area contributed by atoms with Gasteiger partial charge in [0.25, 0.3) is 0 Å². The lowest BCUT2D eigenvalue weighted by molar-refractivity contribution is 0.0987. The van der Waals surface area contributed by atoms with Gasteiger partial charge in [0.2, 0.25) is 0 Å². The van der Waals surface area contributed by atoms with Crippen LogP contribution in [0, 0.1) is 0 Å². The molecule has 0 fully saturated rings. The van der Waals surface area contributed by atoms with E-state index < -0.39 is 6.10 Å². The minimum absolute atomic E-state index is 0.0932. The normalized spacial score (nSPS) is 12.3. The van der Waals surface area contributed by atoms with E-state index in [1.807, 2.05) is 25.1 Å². The Hall–Kier alpha value is -2.06. The van der Waals surface area contributed by atoms with Crippen LogP contribution in [0.15, 0.2) is 47.6 Å². The number of fused-ring (bicyclic) bond motifs is 1. The van der Waals surface area contributed by atoms with Crippen LogP contribution in [-0.4, -0.2) is 52.6 Å². The van der Waals surface area contributed by atoms with Crippen LogP contribution in [0.2, 0.25) is 5.02 Å². The number of hydrogen-bond acceptors (Lipinski definition) is 6. The third-order valence-electron chi connectivity index (χ3n) is 4.54. The Kier molecular flexibility index (Phi) is 8.16. The molecule has 0 bridgehead atoms. The second kappa shape index (κ2) is 10.8. The molecule has 0 amide bonds. The number of aliphatic hydroxyl groups excluding tert-OH is 1. The number of halogens is 1. The van der Waals surface area contributed by atoms with Gasteiger partial charge in [-0.1, -0.05) is 30.3 Å². The Labute approximate surface area is 185 Å². The molecule has 1 heterocycles. The highest BCUT2D eigenvalue weighted by atomic mass is 35.5. The van der Waals surface area contributed by atoms with Crippen LogP contribution in [0.1, 0.15) is 23.7 Å². The summed E-state index contributed by atoms with van der Waals surface area (Å²) < 4.78 is 12.9. The lowest BCUT2D eigenvalue weighted by atomic mass is 10.1. The van der Waals surface area contributed by atoms with Gasteiger partial charge in [0.1, 0.15) is 12.4 Å². The number of methoxy groups -OCH3 is 1. The molecule has 0 spiro atoms. The lowest BCUT2D eigenvalue weighted by Gasteiger charge is -2.13. The molecule has 6 nitrogen and oxygen atoms in total. The number of rotatable bonds is 11. The van der Waals surface area contributed by atoms with Gasteiger partial charge in [-0.3, -0.25) is 4.79 Å². The van der Waals surface area contributed by atoms with Crippen molar-refractivity contribution in [3.05, 3.63) is 53.1 Å². The number of nitrogens with zero attached hydrogens (tertiary/aromatic N) is 2. The molecule has 160 valence electrons. The Morgan fingerprint density at radius 1 is 1.27 bits per heavy atom. The van der Waals surface area contributed by atoms with Crippen molar-refractivity contribution < 1.29 is 19.4 Å². The molecular formula is C22H25ClN2O4S. The number of aromatic nitrogens is 2.